The van der Waals surface area contributed by atoms with Gasteiger partial charge in [0.05, 0.1) is 48.1 Å². The van der Waals surface area contributed by atoms with Crippen LogP contribution >= 0.6 is 0 Å². The van der Waals surface area contributed by atoms with Crippen LogP contribution in [-0.2, 0) is 52.3 Å². The van der Waals surface area contributed by atoms with Gasteiger partial charge in [0.2, 0.25) is 11.8 Å². The highest BCUT2D eigenvalue weighted by Crippen LogP contribution is 2.70. The number of hydrogen-bond acceptors (Lipinski definition) is 17. The van der Waals surface area contributed by atoms with E-state index < -0.39 is 142 Å². The van der Waals surface area contributed by atoms with Crippen molar-refractivity contribution in [1.29, 1.82) is 0 Å². The molecule has 4 aliphatic carbocycles. The van der Waals surface area contributed by atoms with Crippen molar-refractivity contribution in [3.05, 3.63) is 23.8 Å². The molecule has 3 heterocycles. The number of allylic oxidation sites excluding steroid dienone is 4. The third kappa shape index (κ3) is 11.5. The van der Waals surface area contributed by atoms with E-state index in [0.29, 0.717) is 31.3 Å². The number of cyclic esters (lactones) is 1. The van der Waals surface area contributed by atoms with E-state index >= 15 is 4.39 Å². The molecule has 7 N–H and O–H groups in total. The molecule has 0 radical (unpaired) electrons. The Morgan fingerprint density at radius 1 is 0.901 bits per heavy atom. The second-order valence-electron chi connectivity index (χ2n) is 27.2. The quantitative estimate of drug-likeness (QED) is 0.129. The van der Waals surface area contributed by atoms with Gasteiger partial charge in [0, 0.05) is 62.3 Å². The van der Waals surface area contributed by atoms with Crippen LogP contribution in [0.4, 0.5) is 4.39 Å². The highest BCUT2D eigenvalue weighted by molar-refractivity contribution is 6.01. The molecule has 3 saturated heterocycles. The lowest BCUT2D eigenvalue weighted by Crippen LogP contribution is -2.67. The van der Waals surface area contributed by atoms with Gasteiger partial charge in [-0.3, -0.25) is 19.2 Å². The monoisotopic (exact) mass is 1150 g/mol. The Hall–Kier alpha value is -2.99. The number of nitrogens with one attached hydrogen (secondary N) is 2. The molecule has 20 heteroatoms. The number of alkyl halides is 1. The maximum absolute atomic E-state index is 17.9. The number of likely N-dealkylation sites (N-methyl/N-ethyl adjacent to an activating group) is 1. The largest absolute Gasteiger partial charge is 0.459 e. The number of aliphatic hydroxyl groups is 5. The summed E-state index contributed by atoms with van der Waals surface area (Å²) < 4.78 is 63.6. The van der Waals surface area contributed by atoms with Crippen LogP contribution in [0.25, 0.3) is 0 Å². The molecule has 0 spiro atoms. The highest BCUT2D eigenvalue weighted by atomic mass is 19.1. The van der Waals surface area contributed by atoms with Crippen molar-refractivity contribution in [1.82, 2.24) is 15.5 Å². The Morgan fingerprint density at radius 2 is 1.57 bits per heavy atom. The number of hydrogen-bond donors (Lipinski definition) is 7. The zero-order valence-electron chi connectivity index (χ0n) is 51.3. The van der Waals surface area contributed by atoms with E-state index in [2.05, 4.69) is 10.6 Å². The summed E-state index contributed by atoms with van der Waals surface area (Å²) in [6.07, 6.45) is -4.62. The van der Waals surface area contributed by atoms with Crippen molar-refractivity contribution in [2.45, 2.75) is 249 Å². The summed E-state index contributed by atoms with van der Waals surface area (Å²) in [7, 11) is 6.67. The van der Waals surface area contributed by atoms with Gasteiger partial charge in [-0.1, -0.05) is 46.3 Å². The lowest BCUT2D eigenvalue weighted by atomic mass is 9.45. The maximum atomic E-state index is 17.9. The summed E-state index contributed by atoms with van der Waals surface area (Å²) in [6.45, 7) is 22.6. The molecule has 0 aromatic rings. The van der Waals surface area contributed by atoms with Crippen LogP contribution in [0.5, 0.6) is 0 Å². The summed E-state index contributed by atoms with van der Waals surface area (Å²) in [4.78, 5) is 57.7. The molecule has 6 fully saturated rings. The molecule has 0 aromatic carbocycles. The highest BCUT2D eigenvalue weighted by Gasteiger charge is 2.72. The second kappa shape index (κ2) is 24.1. The molecule has 4 unspecified atom stereocenters. The zero-order chi connectivity index (χ0) is 60.5. The van der Waals surface area contributed by atoms with Crippen LogP contribution in [0.3, 0.4) is 0 Å². The molecule has 3 saturated carbocycles. The number of aliphatic hydroxyl groups excluding tert-OH is 3. The number of carbonyl (C=O) groups is 4. The fourth-order valence-corrected chi connectivity index (χ4v) is 16.6. The average molecular weight is 1150 g/mol. The number of methoxy groups -OCH3 is 2. The SMILES string of the molecule is CC[C@H]1OC(=O)[C@H](C)[C@@H](OC2C[C@@](C)(OC)[C@](O)(CCNC(=O)[C@H]3[C@H](C)CC4C5CCC6=CC(=O)C=C[C@]6(C)[C@@]5(F)[C@@H](O)C[C@@]43C)[C@H](C)O2)[C@@H](C)[C@@H](OC2O[C@H](C)C[C@H](N(C)C)[C@H]2O)[C@](C)(OC)C[C@@H](C)C(=O)N[C@H](C)[C@@H](O)[C@]1(C)O. The van der Waals surface area contributed by atoms with E-state index in [9.17, 15) is 44.7 Å². The Bertz CT molecular complexity index is 2360. The molecule has 26 atom stereocenters. The van der Waals surface area contributed by atoms with Gasteiger partial charge in [0.1, 0.15) is 35.1 Å². The van der Waals surface area contributed by atoms with Crippen molar-refractivity contribution in [3.63, 3.8) is 0 Å². The van der Waals surface area contributed by atoms with E-state index in [1.54, 1.807) is 68.4 Å². The van der Waals surface area contributed by atoms with Crippen molar-refractivity contribution >= 4 is 23.6 Å². The summed E-state index contributed by atoms with van der Waals surface area (Å²) in [5.74, 6) is -5.94. The van der Waals surface area contributed by atoms with Crippen LogP contribution in [-0.4, -0.2) is 190 Å². The summed E-state index contributed by atoms with van der Waals surface area (Å²) in [5, 5.41) is 66.1. The van der Waals surface area contributed by atoms with Gasteiger partial charge in [-0.15, -0.1) is 0 Å². The predicted molar refractivity (Wildman–Crippen MR) is 297 cm³/mol. The van der Waals surface area contributed by atoms with Crippen LogP contribution < -0.4 is 10.6 Å². The Labute approximate surface area is 480 Å². The van der Waals surface area contributed by atoms with E-state index in [-0.39, 0.29) is 74.3 Å². The smallest absolute Gasteiger partial charge is 0.311 e. The number of halogens is 1. The number of carbonyl (C=O) groups excluding carboxylic acids is 4. The number of ether oxygens (including phenoxy) is 7. The van der Waals surface area contributed by atoms with E-state index in [1.807, 2.05) is 39.8 Å². The van der Waals surface area contributed by atoms with Gasteiger partial charge in [0.15, 0.2) is 24.0 Å². The summed E-state index contributed by atoms with van der Waals surface area (Å²) in [6, 6.07) is -1.34. The first-order valence-corrected chi connectivity index (χ1v) is 29.8. The molecule has 2 amide bonds. The molecule has 462 valence electrons. The van der Waals surface area contributed by atoms with E-state index in [0.717, 1.165) is 0 Å². The summed E-state index contributed by atoms with van der Waals surface area (Å²) >= 11 is 0. The van der Waals surface area contributed by atoms with Crippen molar-refractivity contribution < 1.29 is 82.3 Å². The minimum atomic E-state index is -2.03. The van der Waals surface area contributed by atoms with Gasteiger partial charge >= 0.3 is 5.97 Å². The third-order valence-electron chi connectivity index (χ3n) is 21.7. The maximum Gasteiger partial charge on any atom is 0.311 e. The molecule has 0 aromatic heterocycles. The Morgan fingerprint density at radius 3 is 2.19 bits per heavy atom. The van der Waals surface area contributed by atoms with Gasteiger partial charge in [-0.2, -0.15) is 0 Å². The lowest BCUT2D eigenvalue weighted by molar-refractivity contribution is -0.338. The van der Waals surface area contributed by atoms with Gasteiger partial charge in [-0.05, 0) is 150 Å². The predicted octanol–water partition coefficient (Wildman–Crippen LogP) is 4.85. The molecule has 81 heavy (non-hydrogen) atoms. The number of amides is 2. The first kappa shape index (κ1) is 65.6. The number of esters is 1. The van der Waals surface area contributed by atoms with E-state index in [1.165, 1.54) is 33.3 Å². The Kier molecular flexibility index (Phi) is 19.5. The average Bonchev–Trinajstić information content (AvgIpc) is 3.27. The second-order valence-corrected chi connectivity index (χ2v) is 27.2. The van der Waals surface area contributed by atoms with Gasteiger partial charge < -0.3 is 74.2 Å². The van der Waals surface area contributed by atoms with E-state index in [4.69, 9.17) is 33.2 Å². The molecule has 7 rings (SSSR count). The molecule has 3 aliphatic heterocycles. The topological polar surface area (TPSA) is 261 Å². The molecular formula is C61H100FN3O16. The minimum absolute atomic E-state index is 0.00733. The summed E-state index contributed by atoms with van der Waals surface area (Å²) in [5.41, 5.74) is -9.75. The number of rotatable bonds is 12. The van der Waals surface area contributed by atoms with Gasteiger partial charge in [0.25, 0.3) is 0 Å². The standard InChI is InChI=1S/C61H100FN3O16/c1-18-44-59(13,73)49(69)36(7)64-51(70)32(3)28-57(11,75-16)50(81-54-47(68)42(65(14)15)26-33(4)77-54)34(5)48(35(6)53(72)79-44)80-45-30-58(12,76-17)60(74,37(8)78-45)23-24-63-52(71)46-31(2)25-41-40-20-19-38-27-39(66)21-22-56(38,10)61(40,62)43(67)29-55(41,46)9/h21-22,27,31-37,40-50,54,67-69,73-74H,18-20,23-26,28-30H2,1-17H3,(H,63,71)(H,64,70)/t31-,32-,33-,34-,35-,36-,37+,40?,41?,42+,43+,44-,45?,46-,47-,48+,49-,50-,54?,55+,56+,57-,58-,59-,60+,61+/m1/s1. The van der Waals surface area contributed by atoms with Gasteiger partial charge in [-0.25, -0.2) is 4.39 Å². The minimum Gasteiger partial charge on any atom is -0.459 e. The molecule has 7 aliphatic rings. The molecule has 0 bridgehead atoms. The van der Waals surface area contributed by atoms with Crippen LogP contribution in [0.1, 0.15) is 148 Å². The fourth-order valence-electron chi connectivity index (χ4n) is 16.6. The zero-order valence-corrected chi connectivity index (χ0v) is 51.3. The molecule has 19 nitrogen and oxygen atoms in total. The van der Waals surface area contributed by atoms with Crippen molar-refractivity contribution in [3.8, 4) is 0 Å². The van der Waals surface area contributed by atoms with Crippen molar-refractivity contribution in [2.24, 2.45) is 52.3 Å². The number of nitrogens with zero attached hydrogens (tertiary/aromatic N) is 1. The first-order valence-electron chi connectivity index (χ1n) is 29.8. The first-order chi connectivity index (χ1) is 37.5. The van der Waals surface area contributed by atoms with Crippen LogP contribution in [0.15, 0.2) is 23.8 Å². The van der Waals surface area contributed by atoms with Crippen molar-refractivity contribution in [2.75, 3.05) is 34.9 Å². The lowest BCUT2D eigenvalue weighted by Gasteiger charge is -2.61. The van der Waals surface area contributed by atoms with Crippen LogP contribution in [0, 0.1) is 52.3 Å². The number of fused-ring (bicyclic) bond motifs is 5. The fraction of sp³-hybridized carbons (Fsp3) is 0.869. The normalized spacial score (nSPS) is 50.0. The Balaban J connectivity index is 1.16. The third-order valence-corrected chi connectivity index (χ3v) is 21.7. The van der Waals surface area contributed by atoms with Crippen LogP contribution in [0.2, 0.25) is 0 Å². The molecular weight excluding hydrogens is 1050 g/mol. The number of ketones is 1.